The highest BCUT2D eigenvalue weighted by Gasteiger charge is 2.26. The molecule has 8 nitrogen and oxygen atoms in total. The second-order valence-electron chi connectivity index (χ2n) is 4.98. The van der Waals surface area contributed by atoms with Gasteiger partial charge in [-0.15, -0.1) is 0 Å². The topological polar surface area (TPSA) is 109 Å². The third kappa shape index (κ3) is 3.80. The van der Waals surface area contributed by atoms with E-state index in [4.69, 9.17) is 12.2 Å². The highest BCUT2D eigenvalue weighted by Crippen LogP contribution is 2.26. The number of nitro benzene ring substituents is 1. The first-order chi connectivity index (χ1) is 11.9. The van der Waals surface area contributed by atoms with Gasteiger partial charge in [0.25, 0.3) is 11.6 Å². The number of nitrogens with one attached hydrogen (secondary N) is 3. The third-order valence-corrected chi connectivity index (χ3v) is 3.97. The first-order valence-electron chi connectivity index (χ1n) is 6.94. The van der Waals surface area contributed by atoms with E-state index in [2.05, 4.69) is 37.1 Å². The molecule has 1 aliphatic heterocycles. The molecule has 0 saturated heterocycles. The lowest BCUT2D eigenvalue weighted by atomic mass is 10.1. The van der Waals surface area contributed by atoms with Gasteiger partial charge in [-0.3, -0.25) is 20.3 Å². The van der Waals surface area contributed by atoms with Crippen molar-refractivity contribution in [1.29, 1.82) is 0 Å². The van der Waals surface area contributed by atoms with Crippen LogP contribution in [-0.4, -0.2) is 21.7 Å². The Hall–Kier alpha value is -2.85. The number of hydrogen-bond acceptors (Lipinski definition) is 5. The quantitative estimate of drug-likeness (QED) is 0.400. The monoisotopic (exact) mass is 419 g/mol. The summed E-state index contributed by atoms with van der Waals surface area (Å²) in [5, 5.41) is 20.4. The Morgan fingerprint density at radius 1 is 1.28 bits per heavy atom. The number of hydrazone groups is 1. The molecule has 0 atom stereocenters. The largest absolute Gasteiger partial charge is 0.331 e. The van der Waals surface area contributed by atoms with Gasteiger partial charge in [-0.1, -0.05) is 22.0 Å². The van der Waals surface area contributed by atoms with E-state index in [1.807, 2.05) is 6.07 Å². The summed E-state index contributed by atoms with van der Waals surface area (Å²) in [5.41, 5.74) is 4.45. The number of nitrogens with zero attached hydrogens (tertiary/aromatic N) is 2. The van der Waals surface area contributed by atoms with Crippen molar-refractivity contribution < 1.29 is 9.72 Å². The summed E-state index contributed by atoms with van der Waals surface area (Å²) in [6.45, 7) is 0. The van der Waals surface area contributed by atoms with Crippen LogP contribution in [0.2, 0.25) is 0 Å². The lowest BCUT2D eigenvalue weighted by Crippen LogP contribution is -2.27. The molecule has 2 aromatic rings. The van der Waals surface area contributed by atoms with Crippen molar-refractivity contribution in [2.45, 2.75) is 0 Å². The van der Waals surface area contributed by atoms with Crippen LogP contribution in [0.15, 0.2) is 52.0 Å². The van der Waals surface area contributed by atoms with Gasteiger partial charge in [-0.25, -0.2) is 0 Å². The minimum absolute atomic E-state index is 0.0620. The number of anilines is 2. The number of nitro groups is 1. The first-order valence-corrected chi connectivity index (χ1v) is 8.14. The summed E-state index contributed by atoms with van der Waals surface area (Å²) in [6.07, 6.45) is 0. The first kappa shape index (κ1) is 17.0. The molecule has 1 amide bonds. The van der Waals surface area contributed by atoms with Crippen molar-refractivity contribution in [2.75, 3.05) is 10.6 Å². The summed E-state index contributed by atoms with van der Waals surface area (Å²) in [4.78, 5) is 22.3. The van der Waals surface area contributed by atoms with Crippen LogP contribution < -0.4 is 16.1 Å². The Labute approximate surface area is 155 Å². The third-order valence-electron chi connectivity index (χ3n) is 3.28. The maximum Gasteiger partial charge on any atom is 0.276 e. The second-order valence-corrected chi connectivity index (χ2v) is 6.30. The standard InChI is InChI=1S/C15H10BrN5O3S/c16-8-4-5-12-11(6-8)13(14(22)18-12)19-20-15(25)17-9-2-1-3-10(7-9)21(23)24/h1-7H,(H2,17,20,25)(H,18,19,22). The summed E-state index contributed by atoms with van der Waals surface area (Å²) in [7, 11) is 0. The molecular weight excluding hydrogens is 410 g/mol. The molecule has 0 bridgehead atoms. The molecule has 3 rings (SSSR count). The average Bonchev–Trinajstić information content (AvgIpc) is 2.88. The Morgan fingerprint density at radius 3 is 2.84 bits per heavy atom. The van der Waals surface area contributed by atoms with Gasteiger partial charge in [0.05, 0.1) is 10.6 Å². The van der Waals surface area contributed by atoms with Crippen LogP contribution in [0.3, 0.4) is 0 Å². The maximum absolute atomic E-state index is 12.0. The number of halogens is 1. The van der Waals surface area contributed by atoms with Crippen molar-refractivity contribution in [2.24, 2.45) is 5.10 Å². The van der Waals surface area contributed by atoms with Crippen molar-refractivity contribution in [3.05, 3.63) is 62.6 Å². The highest BCUT2D eigenvalue weighted by molar-refractivity contribution is 9.10. The predicted octanol–water partition coefficient (Wildman–Crippen LogP) is 3.00. The van der Waals surface area contributed by atoms with Gasteiger partial charge >= 0.3 is 0 Å². The fourth-order valence-electron chi connectivity index (χ4n) is 2.20. The lowest BCUT2D eigenvalue weighted by Gasteiger charge is -2.07. The van der Waals surface area contributed by atoms with Crippen molar-refractivity contribution >= 4 is 61.9 Å². The Kier molecular flexibility index (Phi) is 4.72. The van der Waals surface area contributed by atoms with Crippen molar-refractivity contribution in [3.63, 3.8) is 0 Å². The van der Waals surface area contributed by atoms with Gasteiger partial charge in [0.2, 0.25) is 0 Å². The molecule has 0 saturated carbocycles. The smallest absolute Gasteiger partial charge is 0.276 e. The summed E-state index contributed by atoms with van der Waals surface area (Å²) < 4.78 is 0.813. The minimum atomic E-state index is -0.500. The van der Waals surface area contributed by atoms with Gasteiger partial charge in [0.1, 0.15) is 0 Å². The molecule has 126 valence electrons. The van der Waals surface area contributed by atoms with Gasteiger partial charge in [0.15, 0.2) is 10.8 Å². The van der Waals surface area contributed by atoms with E-state index in [1.54, 1.807) is 18.2 Å². The second kappa shape index (κ2) is 6.95. The van der Waals surface area contributed by atoms with Crippen molar-refractivity contribution in [1.82, 2.24) is 5.43 Å². The molecule has 0 unspecified atom stereocenters. The van der Waals surface area contributed by atoms with Crippen LogP contribution in [-0.2, 0) is 4.79 Å². The average molecular weight is 420 g/mol. The number of amides is 1. The van der Waals surface area contributed by atoms with E-state index >= 15 is 0 Å². The predicted molar refractivity (Wildman–Crippen MR) is 102 cm³/mol. The number of fused-ring (bicyclic) bond motifs is 1. The molecule has 1 aliphatic rings. The van der Waals surface area contributed by atoms with E-state index in [-0.39, 0.29) is 22.4 Å². The van der Waals surface area contributed by atoms with Crippen LogP contribution in [0, 0.1) is 10.1 Å². The molecule has 3 N–H and O–H groups in total. The van der Waals surface area contributed by atoms with Crippen LogP contribution >= 0.6 is 28.1 Å². The van der Waals surface area contributed by atoms with E-state index < -0.39 is 4.92 Å². The summed E-state index contributed by atoms with van der Waals surface area (Å²) in [5.74, 6) is -0.348. The molecule has 0 fully saturated rings. The number of carbonyl (C=O) groups excluding carboxylic acids is 1. The minimum Gasteiger partial charge on any atom is -0.331 e. The molecule has 2 aromatic carbocycles. The van der Waals surface area contributed by atoms with Gasteiger partial charge < -0.3 is 10.6 Å². The normalized spacial score (nSPS) is 14.0. The van der Waals surface area contributed by atoms with Crippen LogP contribution in [0.5, 0.6) is 0 Å². The zero-order valence-corrected chi connectivity index (χ0v) is 14.8. The molecule has 0 aromatic heterocycles. The molecule has 0 radical (unpaired) electrons. The molecule has 0 spiro atoms. The van der Waals surface area contributed by atoms with E-state index in [0.29, 0.717) is 16.9 Å². The van der Waals surface area contributed by atoms with E-state index in [1.165, 1.54) is 18.2 Å². The van der Waals surface area contributed by atoms with Crippen LogP contribution in [0.1, 0.15) is 5.56 Å². The van der Waals surface area contributed by atoms with E-state index in [9.17, 15) is 14.9 Å². The number of thiocarbonyl (C=S) groups is 1. The Bertz CT molecular complexity index is 931. The van der Waals surface area contributed by atoms with Crippen molar-refractivity contribution in [3.8, 4) is 0 Å². The number of benzene rings is 2. The highest BCUT2D eigenvalue weighted by atomic mass is 79.9. The molecular formula is C15H10BrN5O3S. The molecule has 10 heteroatoms. The summed E-state index contributed by atoms with van der Waals surface area (Å²) in [6, 6.07) is 11.2. The molecule has 1 heterocycles. The van der Waals surface area contributed by atoms with Gasteiger partial charge in [-0.2, -0.15) is 5.10 Å². The van der Waals surface area contributed by atoms with Crippen LogP contribution in [0.4, 0.5) is 17.1 Å². The van der Waals surface area contributed by atoms with Crippen LogP contribution in [0.25, 0.3) is 0 Å². The number of rotatable bonds is 3. The number of carbonyl (C=O) groups is 1. The van der Waals surface area contributed by atoms with Gasteiger partial charge in [-0.05, 0) is 36.5 Å². The Morgan fingerprint density at radius 2 is 2.08 bits per heavy atom. The SMILES string of the molecule is O=C1Nc2ccc(Br)cc2/C1=N/NC(=S)Nc1cccc([N+](=O)[O-])c1. The fourth-order valence-corrected chi connectivity index (χ4v) is 2.72. The molecule has 25 heavy (non-hydrogen) atoms. The number of non-ortho nitro benzene ring substituents is 1. The maximum atomic E-state index is 12.0. The van der Waals surface area contributed by atoms with Gasteiger partial charge in [0, 0.05) is 27.9 Å². The van der Waals surface area contributed by atoms with E-state index in [0.717, 1.165) is 4.47 Å². The Balaban J connectivity index is 1.73. The zero-order valence-electron chi connectivity index (χ0n) is 12.4. The zero-order chi connectivity index (χ0) is 18.0. The fraction of sp³-hybridized carbons (Fsp3) is 0. The number of hydrogen-bond donors (Lipinski definition) is 3. The summed E-state index contributed by atoms with van der Waals surface area (Å²) >= 11 is 8.45. The lowest BCUT2D eigenvalue weighted by molar-refractivity contribution is -0.384. The molecule has 0 aliphatic carbocycles.